The van der Waals surface area contributed by atoms with Gasteiger partial charge >= 0.3 is 0 Å². The molecule has 10 heteroatoms. The van der Waals surface area contributed by atoms with Gasteiger partial charge in [0.25, 0.3) is 15.9 Å². The van der Waals surface area contributed by atoms with Crippen LogP contribution < -0.4 is 14.4 Å². The molecular formula is C24H29N3O5S2. The van der Waals surface area contributed by atoms with Gasteiger partial charge in [-0.05, 0) is 54.3 Å². The van der Waals surface area contributed by atoms with Crippen LogP contribution in [-0.4, -0.2) is 72.8 Å². The Morgan fingerprint density at radius 1 is 1.18 bits per heavy atom. The van der Waals surface area contributed by atoms with Crippen molar-refractivity contribution < 1.29 is 22.7 Å². The van der Waals surface area contributed by atoms with Crippen LogP contribution in [0, 0.1) is 6.92 Å². The number of amides is 1. The number of carbonyl (C=O) groups excluding carboxylic acids is 1. The number of nitrogens with zero attached hydrogens (tertiary/aromatic N) is 2. The molecule has 4 rings (SSSR count). The minimum atomic E-state index is -3.84. The number of ether oxygens (including phenoxy) is 2. The zero-order valence-electron chi connectivity index (χ0n) is 19.5. The maximum Gasteiger partial charge on any atom is 0.267 e. The summed E-state index contributed by atoms with van der Waals surface area (Å²) in [5.41, 5.74) is 1.33. The smallest absolute Gasteiger partial charge is 0.267 e. The maximum atomic E-state index is 13.3. The Hall–Kier alpha value is -2.66. The molecule has 3 aromatic rings. The van der Waals surface area contributed by atoms with E-state index in [1.807, 2.05) is 19.1 Å². The van der Waals surface area contributed by atoms with Crippen LogP contribution in [0.25, 0.3) is 10.1 Å². The summed E-state index contributed by atoms with van der Waals surface area (Å²) < 4.78 is 39.5. The summed E-state index contributed by atoms with van der Waals surface area (Å²) in [7, 11) is -0.869. The van der Waals surface area contributed by atoms with Crippen molar-refractivity contribution in [3.05, 3.63) is 52.9 Å². The largest absolute Gasteiger partial charge is 0.495 e. The van der Waals surface area contributed by atoms with Gasteiger partial charge in [-0.25, -0.2) is 8.42 Å². The molecule has 34 heavy (non-hydrogen) atoms. The molecule has 1 aliphatic heterocycles. The van der Waals surface area contributed by atoms with Crippen LogP contribution in [0.3, 0.4) is 0 Å². The first-order valence-electron chi connectivity index (χ1n) is 11.0. The van der Waals surface area contributed by atoms with E-state index in [-0.39, 0.29) is 10.8 Å². The molecule has 0 spiro atoms. The average Bonchev–Trinajstić information content (AvgIpc) is 3.28. The molecule has 182 valence electrons. The fraction of sp³-hybridized carbons (Fsp3) is 0.375. The zero-order valence-corrected chi connectivity index (χ0v) is 21.2. The van der Waals surface area contributed by atoms with Gasteiger partial charge in [-0.15, -0.1) is 11.3 Å². The normalized spacial score (nSPS) is 14.8. The van der Waals surface area contributed by atoms with Crippen molar-refractivity contribution in [1.29, 1.82) is 0 Å². The van der Waals surface area contributed by atoms with Gasteiger partial charge in [0.05, 0.1) is 30.9 Å². The van der Waals surface area contributed by atoms with Crippen LogP contribution in [-0.2, 0) is 14.8 Å². The third kappa shape index (κ3) is 5.20. The molecule has 0 saturated carbocycles. The van der Waals surface area contributed by atoms with Crippen LogP contribution in [0.15, 0.2) is 47.4 Å². The molecule has 1 saturated heterocycles. The van der Waals surface area contributed by atoms with Gasteiger partial charge in [-0.3, -0.25) is 14.0 Å². The SMILES string of the molecule is COc1ccc(C)cc1S(=O)(=O)N(C)c1ccc2sc(C(=O)NCCN3CCOCC3)cc2c1. The van der Waals surface area contributed by atoms with Gasteiger partial charge in [-0.2, -0.15) is 0 Å². The van der Waals surface area contributed by atoms with E-state index >= 15 is 0 Å². The summed E-state index contributed by atoms with van der Waals surface area (Å²) in [4.78, 5) is 15.6. The molecular weight excluding hydrogens is 474 g/mol. The van der Waals surface area contributed by atoms with E-state index in [4.69, 9.17) is 9.47 Å². The molecule has 1 amide bonds. The fourth-order valence-corrected chi connectivity index (χ4v) is 6.24. The Kier molecular flexibility index (Phi) is 7.42. The molecule has 0 unspecified atom stereocenters. The minimum absolute atomic E-state index is 0.114. The van der Waals surface area contributed by atoms with Gasteiger partial charge in [0, 0.05) is 37.9 Å². The summed E-state index contributed by atoms with van der Waals surface area (Å²) >= 11 is 1.39. The molecule has 0 bridgehead atoms. The van der Waals surface area contributed by atoms with E-state index in [2.05, 4.69) is 10.2 Å². The highest BCUT2D eigenvalue weighted by atomic mass is 32.2. The lowest BCUT2D eigenvalue weighted by molar-refractivity contribution is 0.0383. The van der Waals surface area contributed by atoms with Crippen LogP contribution in [0.1, 0.15) is 15.2 Å². The number of hydrogen-bond donors (Lipinski definition) is 1. The second kappa shape index (κ2) is 10.3. The molecule has 0 aliphatic carbocycles. The lowest BCUT2D eigenvalue weighted by Gasteiger charge is -2.26. The molecule has 2 heterocycles. The number of rotatable bonds is 8. The maximum absolute atomic E-state index is 13.3. The molecule has 8 nitrogen and oxygen atoms in total. The third-order valence-corrected chi connectivity index (χ3v) is 8.78. The summed E-state index contributed by atoms with van der Waals surface area (Å²) in [5, 5.41) is 3.80. The number of benzene rings is 2. The molecule has 1 fully saturated rings. The van der Waals surface area contributed by atoms with E-state index < -0.39 is 10.0 Å². The van der Waals surface area contributed by atoms with Gasteiger partial charge in [0.1, 0.15) is 10.6 Å². The lowest BCUT2D eigenvalue weighted by Crippen LogP contribution is -2.41. The fourth-order valence-electron chi connectivity index (χ4n) is 3.85. The van der Waals surface area contributed by atoms with Crippen molar-refractivity contribution >= 4 is 43.0 Å². The van der Waals surface area contributed by atoms with E-state index in [0.717, 1.165) is 48.5 Å². The highest BCUT2D eigenvalue weighted by molar-refractivity contribution is 7.93. The lowest BCUT2D eigenvalue weighted by atomic mass is 10.2. The van der Waals surface area contributed by atoms with Crippen molar-refractivity contribution in [2.24, 2.45) is 0 Å². The Bertz CT molecular complexity index is 1280. The summed E-state index contributed by atoms with van der Waals surface area (Å²) in [5.74, 6) is 0.173. The predicted molar refractivity (Wildman–Crippen MR) is 135 cm³/mol. The number of morpholine rings is 1. The molecule has 1 aromatic heterocycles. The quantitative estimate of drug-likeness (QED) is 0.508. The van der Waals surface area contributed by atoms with Gasteiger partial charge < -0.3 is 14.8 Å². The van der Waals surface area contributed by atoms with E-state index in [0.29, 0.717) is 22.9 Å². The van der Waals surface area contributed by atoms with Gasteiger partial charge in [0.15, 0.2) is 0 Å². The number of sulfonamides is 1. The zero-order chi connectivity index (χ0) is 24.3. The first-order chi connectivity index (χ1) is 16.3. The number of aryl methyl sites for hydroxylation is 1. The number of methoxy groups -OCH3 is 1. The van der Waals surface area contributed by atoms with Crippen LogP contribution in [0.4, 0.5) is 5.69 Å². The average molecular weight is 504 g/mol. The standard InChI is InChI=1S/C24H29N3O5S2/c1-17-4-6-20(31-3)23(14-17)34(29,30)26(2)19-5-7-21-18(15-19)16-22(33-21)24(28)25-8-9-27-10-12-32-13-11-27/h4-7,14-16H,8-13H2,1-3H3,(H,25,28). The third-order valence-electron chi connectivity index (χ3n) is 5.86. The molecule has 2 aromatic carbocycles. The second-order valence-electron chi connectivity index (χ2n) is 8.17. The van der Waals surface area contributed by atoms with Crippen molar-refractivity contribution in [2.45, 2.75) is 11.8 Å². The highest BCUT2D eigenvalue weighted by Gasteiger charge is 2.26. The number of fused-ring (bicyclic) bond motifs is 1. The number of carbonyl (C=O) groups is 1. The topological polar surface area (TPSA) is 88.2 Å². The van der Waals surface area contributed by atoms with Crippen molar-refractivity contribution in [3.63, 3.8) is 0 Å². The van der Waals surface area contributed by atoms with Crippen molar-refractivity contribution in [3.8, 4) is 5.75 Å². The molecule has 1 N–H and O–H groups in total. The predicted octanol–water partition coefficient (Wildman–Crippen LogP) is 3.11. The van der Waals surface area contributed by atoms with E-state index in [9.17, 15) is 13.2 Å². The number of hydrogen-bond acceptors (Lipinski definition) is 7. The summed E-state index contributed by atoms with van der Waals surface area (Å²) in [6.07, 6.45) is 0. The number of nitrogens with one attached hydrogen (secondary N) is 1. The Morgan fingerprint density at radius 3 is 2.68 bits per heavy atom. The summed E-state index contributed by atoms with van der Waals surface area (Å²) in [6.45, 7) is 6.41. The van der Waals surface area contributed by atoms with Crippen LogP contribution in [0.2, 0.25) is 0 Å². The highest BCUT2D eigenvalue weighted by Crippen LogP contribution is 2.33. The van der Waals surface area contributed by atoms with Crippen molar-refractivity contribution in [2.75, 3.05) is 57.9 Å². The molecule has 0 atom stereocenters. The Balaban J connectivity index is 1.50. The van der Waals surface area contributed by atoms with Crippen LogP contribution >= 0.6 is 11.3 Å². The second-order valence-corrected chi connectivity index (χ2v) is 11.2. The van der Waals surface area contributed by atoms with E-state index in [1.165, 1.54) is 29.8 Å². The van der Waals surface area contributed by atoms with Gasteiger partial charge in [-0.1, -0.05) is 6.07 Å². The Labute approximate surface area is 204 Å². The van der Waals surface area contributed by atoms with Crippen molar-refractivity contribution in [1.82, 2.24) is 10.2 Å². The molecule has 0 radical (unpaired) electrons. The minimum Gasteiger partial charge on any atom is -0.495 e. The monoisotopic (exact) mass is 503 g/mol. The Morgan fingerprint density at radius 2 is 1.94 bits per heavy atom. The first-order valence-corrected chi connectivity index (χ1v) is 13.3. The van der Waals surface area contributed by atoms with Crippen LogP contribution in [0.5, 0.6) is 5.75 Å². The molecule has 1 aliphatic rings. The number of thiophene rings is 1. The van der Waals surface area contributed by atoms with Gasteiger partial charge in [0.2, 0.25) is 0 Å². The first kappa shape index (κ1) is 24.5. The number of anilines is 1. The van der Waals surface area contributed by atoms with E-state index in [1.54, 1.807) is 30.3 Å². The summed E-state index contributed by atoms with van der Waals surface area (Å²) in [6, 6.07) is 12.3.